The number of nitrogens with zero attached hydrogens (tertiary/aromatic N) is 5. The molecule has 29 heavy (non-hydrogen) atoms. The van der Waals surface area contributed by atoms with Gasteiger partial charge in [0.15, 0.2) is 5.16 Å². The summed E-state index contributed by atoms with van der Waals surface area (Å²) in [6, 6.07) is 12.1. The molecule has 0 aliphatic carbocycles. The Morgan fingerprint density at radius 1 is 1.07 bits per heavy atom. The first kappa shape index (κ1) is 18.4. The smallest absolute Gasteiger partial charge is 0.268 e. The molecule has 4 heterocycles. The van der Waals surface area contributed by atoms with E-state index in [0.717, 1.165) is 35.4 Å². The van der Waals surface area contributed by atoms with Crippen LogP contribution in [0, 0.1) is 0 Å². The molecule has 1 N–H and O–H groups in total. The number of benzene rings is 1. The topological polar surface area (TPSA) is 79.7 Å². The van der Waals surface area contributed by atoms with Gasteiger partial charge in [0.05, 0.1) is 17.0 Å². The Balaban J connectivity index is 1.47. The summed E-state index contributed by atoms with van der Waals surface area (Å²) in [6.07, 6.45) is 3.62. The maximum atomic E-state index is 12.2. The van der Waals surface area contributed by atoms with Gasteiger partial charge in [0.1, 0.15) is 10.5 Å². The van der Waals surface area contributed by atoms with Gasteiger partial charge >= 0.3 is 0 Å². The molecule has 4 aromatic rings. The highest BCUT2D eigenvalue weighted by Gasteiger charge is 2.21. The molecule has 3 aromatic heterocycles. The molecule has 0 atom stereocenters. The van der Waals surface area contributed by atoms with E-state index in [1.165, 1.54) is 42.4 Å². The number of piperidine rings is 1. The van der Waals surface area contributed by atoms with Crippen molar-refractivity contribution < 1.29 is 0 Å². The van der Waals surface area contributed by atoms with Crippen molar-refractivity contribution in [3.8, 4) is 5.69 Å². The van der Waals surface area contributed by atoms with E-state index in [2.05, 4.69) is 41.8 Å². The van der Waals surface area contributed by atoms with Crippen LogP contribution < -0.4 is 10.5 Å². The molecule has 148 valence electrons. The summed E-state index contributed by atoms with van der Waals surface area (Å²) >= 11 is 2.94. The number of aromatic nitrogens is 5. The van der Waals surface area contributed by atoms with Crippen LogP contribution >= 0.6 is 23.1 Å². The molecular weight excluding hydrogens is 404 g/mol. The second kappa shape index (κ2) is 8.00. The van der Waals surface area contributed by atoms with E-state index in [1.807, 2.05) is 29.6 Å². The zero-order chi connectivity index (χ0) is 19.6. The normalized spacial score (nSPS) is 14.6. The number of aromatic amines is 1. The van der Waals surface area contributed by atoms with Crippen LogP contribution in [-0.2, 0) is 5.75 Å². The molecule has 0 amide bonds. The highest BCUT2D eigenvalue weighted by atomic mass is 32.2. The molecule has 0 saturated carbocycles. The van der Waals surface area contributed by atoms with E-state index >= 15 is 0 Å². The number of thioether (sulfide) groups is 1. The largest absolute Gasteiger partial charge is 0.341 e. The minimum atomic E-state index is -0.0841. The zero-order valence-corrected chi connectivity index (χ0v) is 17.4. The van der Waals surface area contributed by atoms with Crippen LogP contribution in [0.1, 0.15) is 25.1 Å². The van der Waals surface area contributed by atoms with Crippen molar-refractivity contribution in [3.05, 3.63) is 58.0 Å². The number of fused-ring (bicyclic) bond motifs is 1. The summed E-state index contributed by atoms with van der Waals surface area (Å²) in [5, 5.41) is 11.7. The predicted octanol–water partition coefficient (Wildman–Crippen LogP) is 3.85. The standard InChI is InChI=1S/C20H20N6OS2/c27-18-17-15(9-12-28-17)21-16(22-18)13-29-20-24-23-19(25-10-5-2-6-11-25)26(20)14-7-3-1-4-8-14/h1,3-4,7-9,12H,2,5-6,10-11,13H2,(H,21,22,27). The molecule has 1 aliphatic heterocycles. The molecule has 0 spiro atoms. The molecule has 7 nitrogen and oxygen atoms in total. The third-order valence-corrected chi connectivity index (χ3v) is 6.81. The van der Waals surface area contributed by atoms with Crippen molar-refractivity contribution >= 4 is 39.3 Å². The van der Waals surface area contributed by atoms with E-state index < -0.39 is 0 Å². The summed E-state index contributed by atoms with van der Waals surface area (Å²) in [5.41, 5.74) is 1.70. The Morgan fingerprint density at radius 3 is 2.72 bits per heavy atom. The van der Waals surface area contributed by atoms with Crippen molar-refractivity contribution in [3.63, 3.8) is 0 Å². The number of para-hydroxylation sites is 1. The van der Waals surface area contributed by atoms with E-state index in [0.29, 0.717) is 16.3 Å². The van der Waals surface area contributed by atoms with Gasteiger partial charge < -0.3 is 9.88 Å². The van der Waals surface area contributed by atoms with E-state index in [-0.39, 0.29) is 5.56 Å². The van der Waals surface area contributed by atoms with Crippen LogP contribution in [0.3, 0.4) is 0 Å². The minimum Gasteiger partial charge on any atom is -0.341 e. The van der Waals surface area contributed by atoms with Gasteiger partial charge in [-0.05, 0) is 42.8 Å². The molecule has 0 unspecified atom stereocenters. The van der Waals surface area contributed by atoms with Crippen LogP contribution in [0.4, 0.5) is 5.95 Å². The van der Waals surface area contributed by atoms with E-state index in [1.54, 1.807) is 0 Å². The minimum absolute atomic E-state index is 0.0841. The predicted molar refractivity (Wildman–Crippen MR) is 117 cm³/mol. The van der Waals surface area contributed by atoms with Crippen LogP contribution in [-0.4, -0.2) is 37.8 Å². The molecule has 1 aromatic carbocycles. The molecule has 1 saturated heterocycles. The Bertz CT molecular complexity index is 1180. The van der Waals surface area contributed by atoms with Gasteiger partial charge in [-0.1, -0.05) is 30.0 Å². The molecule has 9 heteroatoms. The molecule has 0 bridgehead atoms. The lowest BCUT2D eigenvalue weighted by atomic mass is 10.1. The Morgan fingerprint density at radius 2 is 1.90 bits per heavy atom. The first-order chi connectivity index (χ1) is 14.3. The van der Waals surface area contributed by atoms with Crippen molar-refractivity contribution in [2.24, 2.45) is 0 Å². The third-order valence-electron chi connectivity index (χ3n) is 4.97. The quantitative estimate of drug-likeness (QED) is 0.490. The Labute approximate surface area is 175 Å². The average Bonchev–Trinajstić information content (AvgIpc) is 3.41. The van der Waals surface area contributed by atoms with Crippen LogP contribution in [0.15, 0.2) is 51.7 Å². The molecule has 5 rings (SSSR count). The highest BCUT2D eigenvalue weighted by molar-refractivity contribution is 7.98. The van der Waals surface area contributed by atoms with E-state index in [4.69, 9.17) is 0 Å². The summed E-state index contributed by atoms with van der Waals surface area (Å²) in [7, 11) is 0. The number of rotatable bonds is 5. The van der Waals surface area contributed by atoms with Gasteiger partial charge in [-0.25, -0.2) is 4.98 Å². The number of nitrogens with one attached hydrogen (secondary N) is 1. The fourth-order valence-electron chi connectivity index (χ4n) is 3.58. The van der Waals surface area contributed by atoms with Crippen molar-refractivity contribution in [1.82, 2.24) is 24.7 Å². The summed E-state index contributed by atoms with van der Waals surface area (Å²) in [5.74, 6) is 2.05. The first-order valence-electron chi connectivity index (χ1n) is 9.64. The van der Waals surface area contributed by atoms with Gasteiger partial charge in [-0.15, -0.1) is 21.5 Å². The van der Waals surface area contributed by atoms with Crippen LogP contribution in [0.5, 0.6) is 0 Å². The van der Waals surface area contributed by atoms with Gasteiger partial charge in [-0.2, -0.15) is 0 Å². The lowest BCUT2D eigenvalue weighted by Gasteiger charge is -2.27. The Kier molecular flexibility index (Phi) is 5.07. The SMILES string of the molecule is O=c1[nH]c(CSc2nnc(N3CCCCC3)n2-c2ccccc2)nc2ccsc12. The van der Waals surface area contributed by atoms with Crippen LogP contribution in [0.25, 0.3) is 15.9 Å². The summed E-state index contributed by atoms with van der Waals surface area (Å²) < 4.78 is 2.77. The summed E-state index contributed by atoms with van der Waals surface area (Å²) in [6.45, 7) is 2.00. The number of hydrogen-bond acceptors (Lipinski definition) is 7. The molecule has 1 aliphatic rings. The van der Waals surface area contributed by atoms with Gasteiger partial charge in [0.2, 0.25) is 5.95 Å². The molecule has 1 fully saturated rings. The fourth-order valence-corrected chi connectivity index (χ4v) is 5.12. The third kappa shape index (κ3) is 3.67. The Hall–Kier alpha value is -2.65. The first-order valence-corrected chi connectivity index (χ1v) is 11.5. The van der Waals surface area contributed by atoms with Gasteiger partial charge in [-0.3, -0.25) is 9.36 Å². The van der Waals surface area contributed by atoms with Gasteiger partial charge in [0.25, 0.3) is 5.56 Å². The van der Waals surface area contributed by atoms with E-state index in [9.17, 15) is 4.79 Å². The fraction of sp³-hybridized carbons (Fsp3) is 0.300. The van der Waals surface area contributed by atoms with Crippen LogP contribution in [0.2, 0.25) is 0 Å². The summed E-state index contributed by atoms with van der Waals surface area (Å²) in [4.78, 5) is 22.0. The van der Waals surface area contributed by atoms with Gasteiger partial charge in [0, 0.05) is 13.1 Å². The zero-order valence-electron chi connectivity index (χ0n) is 15.7. The molecule has 0 radical (unpaired) electrons. The monoisotopic (exact) mass is 424 g/mol. The lowest BCUT2D eigenvalue weighted by molar-refractivity contribution is 0.564. The van der Waals surface area contributed by atoms with Crippen molar-refractivity contribution in [2.75, 3.05) is 18.0 Å². The second-order valence-electron chi connectivity index (χ2n) is 6.94. The highest BCUT2D eigenvalue weighted by Crippen LogP contribution is 2.29. The number of anilines is 1. The number of hydrogen-bond donors (Lipinski definition) is 1. The maximum absolute atomic E-state index is 12.2. The number of H-pyrrole nitrogens is 1. The van der Waals surface area contributed by atoms with Crippen molar-refractivity contribution in [1.29, 1.82) is 0 Å². The maximum Gasteiger partial charge on any atom is 0.268 e. The lowest BCUT2D eigenvalue weighted by Crippen LogP contribution is -2.31. The number of thiophene rings is 1. The molecular formula is C20H20N6OS2. The average molecular weight is 425 g/mol. The van der Waals surface area contributed by atoms with Crippen molar-refractivity contribution in [2.45, 2.75) is 30.2 Å². The second-order valence-corrected chi connectivity index (χ2v) is 8.80.